The Kier molecular flexibility index (Phi) is 4.42. The SMILES string of the molecule is O=C(NC(c1ccccc1)c1ccncc1)c1cc2cc(Cl)ccc2o1. The van der Waals surface area contributed by atoms with Crippen LogP contribution in [-0.4, -0.2) is 10.9 Å². The minimum Gasteiger partial charge on any atom is -0.451 e. The number of hydrogen-bond donors (Lipinski definition) is 1. The molecule has 0 saturated carbocycles. The van der Waals surface area contributed by atoms with E-state index < -0.39 is 0 Å². The van der Waals surface area contributed by atoms with Crippen molar-refractivity contribution >= 4 is 28.5 Å². The van der Waals surface area contributed by atoms with Crippen molar-refractivity contribution in [3.05, 3.63) is 101 Å². The second-order valence-corrected chi connectivity index (χ2v) is 6.33. The second kappa shape index (κ2) is 7.02. The van der Waals surface area contributed by atoms with Crippen LogP contribution in [0.3, 0.4) is 0 Å². The molecule has 0 aliphatic rings. The third-order valence-corrected chi connectivity index (χ3v) is 4.39. The van der Waals surface area contributed by atoms with Gasteiger partial charge in [0.15, 0.2) is 5.76 Å². The van der Waals surface area contributed by atoms with Crippen LogP contribution < -0.4 is 5.32 Å². The van der Waals surface area contributed by atoms with Gasteiger partial charge in [-0.15, -0.1) is 0 Å². The summed E-state index contributed by atoms with van der Waals surface area (Å²) in [6, 6.07) is 20.2. The zero-order valence-electron chi connectivity index (χ0n) is 13.7. The molecular weight excluding hydrogens is 348 g/mol. The highest BCUT2D eigenvalue weighted by Gasteiger charge is 2.20. The molecule has 4 rings (SSSR count). The highest BCUT2D eigenvalue weighted by Crippen LogP contribution is 2.25. The van der Waals surface area contributed by atoms with Gasteiger partial charge in [-0.1, -0.05) is 41.9 Å². The number of nitrogens with zero attached hydrogens (tertiary/aromatic N) is 1. The number of pyridine rings is 1. The van der Waals surface area contributed by atoms with Crippen molar-refractivity contribution in [3.63, 3.8) is 0 Å². The van der Waals surface area contributed by atoms with Gasteiger partial charge >= 0.3 is 0 Å². The Labute approximate surface area is 155 Å². The van der Waals surface area contributed by atoms with E-state index in [9.17, 15) is 4.79 Å². The monoisotopic (exact) mass is 362 g/mol. The zero-order valence-corrected chi connectivity index (χ0v) is 14.5. The first kappa shape index (κ1) is 16.4. The molecule has 2 aromatic heterocycles. The second-order valence-electron chi connectivity index (χ2n) is 5.89. The molecule has 0 fully saturated rings. The molecule has 0 spiro atoms. The Hall–Kier alpha value is -3.11. The average Bonchev–Trinajstić information content (AvgIpc) is 3.10. The molecule has 128 valence electrons. The molecule has 2 aromatic carbocycles. The van der Waals surface area contributed by atoms with Crippen LogP contribution in [0.5, 0.6) is 0 Å². The van der Waals surface area contributed by atoms with Crippen LogP contribution in [-0.2, 0) is 0 Å². The van der Waals surface area contributed by atoms with Crippen molar-refractivity contribution in [2.75, 3.05) is 0 Å². The first-order valence-corrected chi connectivity index (χ1v) is 8.53. The maximum atomic E-state index is 12.8. The standard InChI is InChI=1S/C21H15ClN2O2/c22-17-6-7-18-16(12-17)13-19(26-18)21(25)24-20(14-4-2-1-3-5-14)15-8-10-23-11-9-15/h1-13,20H,(H,24,25). The number of nitrogens with one attached hydrogen (secondary N) is 1. The zero-order chi connectivity index (χ0) is 17.9. The molecule has 0 radical (unpaired) electrons. The van der Waals surface area contributed by atoms with E-state index in [1.807, 2.05) is 42.5 Å². The third-order valence-electron chi connectivity index (χ3n) is 4.15. The number of furan rings is 1. The minimum absolute atomic E-state index is 0.247. The van der Waals surface area contributed by atoms with E-state index in [2.05, 4.69) is 10.3 Å². The predicted octanol–water partition coefficient (Wildman–Crippen LogP) is 5.00. The largest absolute Gasteiger partial charge is 0.451 e. The van der Waals surface area contributed by atoms with E-state index in [-0.39, 0.29) is 17.7 Å². The Morgan fingerprint density at radius 3 is 2.46 bits per heavy atom. The molecule has 1 atom stereocenters. The highest BCUT2D eigenvalue weighted by molar-refractivity contribution is 6.31. The molecule has 2 heterocycles. The number of aromatic nitrogens is 1. The van der Waals surface area contributed by atoms with E-state index in [1.54, 1.807) is 36.7 Å². The Balaban J connectivity index is 1.67. The van der Waals surface area contributed by atoms with E-state index in [1.165, 1.54) is 0 Å². The van der Waals surface area contributed by atoms with Crippen LogP contribution in [0.4, 0.5) is 0 Å². The summed E-state index contributed by atoms with van der Waals surface area (Å²) in [4.78, 5) is 16.9. The summed E-state index contributed by atoms with van der Waals surface area (Å²) in [6.07, 6.45) is 3.42. The van der Waals surface area contributed by atoms with E-state index >= 15 is 0 Å². The maximum absolute atomic E-state index is 12.8. The molecule has 26 heavy (non-hydrogen) atoms. The van der Waals surface area contributed by atoms with Gasteiger partial charge in [-0.25, -0.2) is 0 Å². The van der Waals surface area contributed by atoms with Crippen molar-refractivity contribution in [2.45, 2.75) is 6.04 Å². The van der Waals surface area contributed by atoms with E-state index in [4.69, 9.17) is 16.0 Å². The Morgan fingerprint density at radius 1 is 0.962 bits per heavy atom. The summed E-state index contributed by atoms with van der Waals surface area (Å²) in [5.74, 6) is -0.0414. The summed E-state index contributed by atoms with van der Waals surface area (Å²) in [7, 11) is 0. The lowest BCUT2D eigenvalue weighted by Gasteiger charge is -2.19. The first-order valence-electron chi connectivity index (χ1n) is 8.15. The fourth-order valence-electron chi connectivity index (χ4n) is 2.89. The summed E-state index contributed by atoms with van der Waals surface area (Å²) in [5, 5.41) is 4.44. The van der Waals surface area contributed by atoms with E-state index in [0.29, 0.717) is 10.6 Å². The first-order chi connectivity index (χ1) is 12.7. The van der Waals surface area contributed by atoms with Crippen LogP contribution in [0.15, 0.2) is 83.5 Å². The van der Waals surface area contributed by atoms with Gasteiger partial charge in [0.05, 0.1) is 6.04 Å². The minimum atomic E-state index is -0.302. The molecule has 4 nitrogen and oxygen atoms in total. The molecule has 0 saturated heterocycles. The van der Waals surface area contributed by atoms with Gasteiger partial charge in [0.2, 0.25) is 0 Å². The van der Waals surface area contributed by atoms with Crippen LogP contribution in [0.1, 0.15) is 27.7 Å². The average molecular weight is 363 g/mol. The van der Waals surface area contributed by atoms with Crippen molar-refractivity contribution < 1.29 is 9.21 Å². The Morgan fingerprint density at radius 2 is 1.69 bits per heavy atom. The van der Waals surface area contributed by atoms with Crippen molar-refractivity contribution in [1.82, 2.24) is 10.3 Å². The lowest BCUT2D eigenvalue weighted by Crippen LogP contribution is -2.29. The molecule has 4 aromatic rings. The van der Waals surface area contributed by atoms with Crippen LogP contribution in [0.25, 0.3) is 11.0 Å². The number of hydrogen-bond acceptors (Lipinski definition) is 3. The summed E-state index contributed by atoms with van der Waals surface area (Å²) in [6.45, 7) is 0. The molecule has 1 amide bonds. The smallest absolute Gasteiger partial charge is 0.287 e. The predicted molar refractivity (Wildman–Crippen MR) is 101 cm³/mol. The lowest BCUT2D eigenvalue weighted by molar-refractivity contribution is 0.0917. The fourth-order valence-corrected chi connectivity index (χ4v) is 3.07. The number of amides is 1. The van der Waals surface area contributed by atoms with Gasteiger partial charge in [0, 0.05) is 22.8 Å². The van der Waals surface area contributed by atoms with Gasteiger partial charge in [0.1, 0.15) is 5.58 Å². The van der Waals surface area contributed by atoms with Gasteiger partial charge in [0.25, 0.3) is 5.91 Å². The van der Waals surface area contributed by atoms with Crippen molar-refractivity contribution in [2.24, 2.45) is 0 Å². The van der Waals surface area contributed by atoms with E-state index in [0.717, 1.165) is 16.5 Å². The van der Waals surface area contributed by atoms with Gasteiger partial charge < -0.3 is 9.73 Å². The number of carbonyl (C=O) groups excluding carboxylic acids is 1. The van der Waals surface area contributed by atoms with Crippen LogP contribution >= 0.6 is 11.6 Å². The lowest BCUT2D eigenvalue weighted by atomic mass is 9.99. The highest BCUT2D eigenvalue weighted by atomic mass is 35.5. The molecule has 5 heteroatoms. The maximum Gasteiger partial charge on any atom is 0.287 e. The van der Waals surface area contributed by atoms with Gasteiger partial charge in [-0.3, -0.25) is 9.78 Å². The quantitative estimate of drug-likeness (QED) is 0.555. The molecule has 0 bridgehead atoms. The molecule has 1 unspecified atom stereocenters. The van der Waals surface area contributed by atoms with Crippen molar-refractivity contribution in [3.8, 4) is 0 Å². The van der Waals surface area contributed by atoms with Gasteiger partial charge in [-0.2, -0.15) is 0 Å². The Bertz CT molecular complexity index is 1010. The molecule has 1 N–H and O–H groups in total. The van der Waals surface area contributed by atoms with Crippen LogP contribution in [0.2, 0.25) is 5.02 Å². The molecule has 0 aliphatic heterocycles. The number of carbonyl (C=O) groups is 1. The van der Waals surface area contributed by atoms with Gasteiger partial charge in [-0.05, 0) is 47.5 Å². The number of rotatable bonds is 4. The molecule has 0 aliphatic carbocycles. The number of benzene rings is 2. The normalized spacial score (nSPS) is 12.0. The molecular formula is C21H15ClN2O2. The number of halogens is 1. The number of fused-ring (bicyclic) bond motifs is 1. The summed E-state index contributed by atoms with van der Waals surface area (Å²) < 4.78 is 5.67. The summed E-state index contributed by atoms with van der Waals surface area (Å²) in [5.41, 5.74) is 2.55. The third kappa shape index (κ3) is 3.32. The summed E-state index contributed by atoms with van der Waals surface area (Å²) >= 11 is 6.00. The van der Waals surface area contributed by atoms with Crippen LogP contribution in [0, 0.1) is 0 Å². The van der Waals surface area contributed by atoms with Crippen molar-refractivity contribution in [1.29, 1.82) is 0 Å². The fraction of sp³-hybridized carbons (Fsp3) is 0.0476. The topological polar surface area (TPSA) is 55.1 Å².